The van der Waals surface area contributed by atoms with Gasteiger partial charge in [0.25, 0.3) is 0 Å². The van der Waals surface area contributed by atoms with Crippen LogP contribution in [0.25, 0.3) is 0 Å². The largest absolute Gasteiger partial charge is 0.399 e. The molecule has 5 nitrogen and oxygen atoms in total. The zero-order valence-corrected chi connectivity index (χ0v) is 13.8. The topological polar surface area (TPSA) is 85.1 Å². The number of anilines is 1. The Morgan fingerprint density at radius 3 is 2.71 bits per heavy atom. The van der Waals surface area contributed by atoms with Gasteiger partial charge in [-0.1, -0.05) is 0 Å². The maximum Gasteiger partial charge on any atom is 0.212 e. The van der Waals surface area contributed by atoms with Crippen molar-refractivity contribution in [3.05, 3.63) is 40.8 Å². The number of nitrogens with one attached hydrogen (secondary N) is 1. The molecule has 0 radical (unpaired) electrons. The Kier molecular flexibility index (Phi) is 6.04. The van der Waals surface area contributed by atoms with Crippen molar-refractivity contribution in [3.63, 3.8) is 0 Å². The minimum Gasteiger partial charge on any atom is -0.399 e. The molecular weight excluding hydrogens is 326 g/mol. The lowest BCUT2D eigenvalue weighted by Crippen LogP contribution is -2.29. The van der Waals surface area contributed by atoms with Gasteiger partial charge in [-0.25, -0.2) is 18.1 Å². The van der Waals surface area contributed by atoms with Crippen LogP contribution in [-0.4, -0.2) is 31.5 Å². The summed E-state index contributed by atoms with van der Waals surface area (Å²) in [5.41, 5.74) is 8.96. The Hall–Kier alpha value is -1.09. The van der Waals surface area contributed by atoms with Crippen LogP contribution < -0.4 is 10.5 Å². The molecular formula is C13H17N3O2S3. The van der Waals surface area contributed by atoms with Crippen LogP contribution >= 0.6 is 23.1 Å². The van der Waals surface area contributed by atoms with Crippen LogP contribution in [0.1, 0.15) is 5.69 Å². The molecule has 2 rings (SSSR count). The average molecular weight is 343 g/mol. The maximum atomic E-state index is 11.8. The third-order valence-corrected chi connectivity index (χ3v) is 5.98. The molecule has 0 fully saturated rings. The lowest BCUT2D eigenvalue weighted by atomic mass is 10.3. The highest BCUT2D eigenvalue weighted by Crippen LogP contribution is 2.19. The van der Waals surface area contributed by atoms with Crippen LogP contribution in [-0.2, 0) is 16.4 Å². The van der Waals surface area contributed by atoms with E-state index in [1.807, 2.05) is 29.6 Å². The maximum absolute atomic E-state index is 11.8. The summed E-state index contributed by atoms with van der Waals surface area (Å²) < 4.78 is 26.3. The Balaban J connectivity index is 1.69. The number of thioether (sulfide) groups is 1. The fourth-order valence-electron chi connectivity index (χ4n) is 1.60. The fourth-order valence-corrected chi connectivity index (χ4v) is 4.53. The van der Waals surface area contributed by atoms with Gasteiger partial charge >= 0.3 is 0 Å². The molecule has 0 atom stereocenters. The molecule has 0 aliphatic carbocycles. The molecule has 2 aromatic rings. The van der Waals surface area contributed by atoms with Crippen LogP contribution in [0.4, 0.5) is 5.69 Å². The van der Waals surface area contributed by atoms with Crippen LogP contribution in [0.3, 0.4) is 0 Å². The SMILES string of the molecule is Nc1ccc(SCCS(=O)(=O)NCCc2cscn2)cc1. The zero-order chi connectivity index (χ0) is 15.1. The summed E-state index contributed by atoms with van der Waals surface area (Å²) in [6, 6.07) is 7.40. The molecule has 21 heavy (non-hydrogen) atoms. The highest BCUT2D eigenvalue weighted by molar-refractivity contribution is 8.00. The van der Waals surface area contributed by atoms with Gasteiger partial charge in [-0.3, -0.25) is 0 Å². The van der Waals surface area contributed by atoms with Crippen molar-refractivity contribution in [2.45, 2.75) is 11.3 Å². The van der Waals surface area contributed by atoms with E-state index in [0.717, 1.165) is 10.6 Å². The Labute approximate surface area is 133 Å². The minimum atomic E-state index is -3.23. The predicted octanol–water partition coefficient (Wildman–Crippen LogP) is 1.98. The van der Waals surface area contributed by atoms with Crippen LogP contribution in [0, 0.1) is 0 Å². The summed E-state index contributed by atoms with van der Waals surface area (Å²) in [5, 5.41) is 1.92. The molecule has 114 valence electrons. The molecule has 0 saturated carbocycles. The summed E-state index contributed by atoms with van der Waals surface area (Å²) in [7, 11) is -3.23. The lowest BCUT2D eigenvalue weighted by molar-refractivity contribution is 0.583. The quantitative estimate of drug-likeness (QED) is 0.565. The first-order chi connectivity index (χ1) is 10.1. The first-order valence-electron chi connectivity index (χ1n) is 6.38. The highest BCUT2D eigenvalue weighted by atomic mass is 32.2. The van der Waals surface area contributed by atoms with Gasteiger partial charge in [-0.05, 0) is 24.3 Å². The number of benzene rings is 1. The number of nitrogens with two attached hydrogens (primary N) is 1. The van der Waals surface area contributed by atoms with Gasteiger partial charge in [-0.2, -0.15) is 0 Å². The van der Waals surface area contributed by atoms with E-state index in [-0.39, 0.29) is 5.75 Å². The molecule has 0 saturated heterocycles. The van der Waals surface area contributed by atoms with Crippen LogP contribution in [0.5, 0.6) is 0 Å². The number of hydrogen-bond donors (Lipinski definition) is 2. The molecule has 0 amide bonds. The third kappa shape index (κ3) is 6.04. The molecule has 1 aromatic heterocycles. The van der Waals surface area contributed by atoms with Crippen molar-refractivity contribution in [2.75, 3.05) is 23.8 Å². The van der Waals surface area contributed by atoms with Gasteiger partial charge in [0.15, 0.2) is 0 Å². The third-order valence-electron chi connectivity index (χ3n) is 2.69. The molecule has 0 unspecified atom stereocenters. The average Bonchev–Trinajstić information content (AvgIpc) is 2.94. The van der Waals surface area contributed by atoms with Crippen molar-refractivity contribution in [1.29, 1.82) is 0 Å². The van der Waals surface area contributed by atoms with Gasteiger partial charge in [0, 0.05) is 34.7 Å². The lowest BCUT2D eigenvalue weighted by Gasteiger charge is -2.06. The van der Waals surface area contributed by atoms with E-state index < -0.39 is 10.0 Å². The number of thiazole rings is 1. The molecule has 0 aliphatic rings. The van der Waals surface area contributed by atoms with Crippen LogP contribution in [0.2, 0.25) is 0 Å². The second-order valence-electron chi connectivity index (χ2n) is 4.36. The van der Waals surface area contributed by atoms with Gasteiger partial charge in [0.2, 0.25) is 10.0 Å². The van der Waals surface area contributed by atoms with E-state index in [4.69, 9.17) is 5.73 Å². The fraction of sp³-hybridized carbons (Fsp3) is 0.308. The van der Waals surface area contributed by atoms with Crippen molar-refractivity contribution in [1.82, 2.24) is 9.71 Å². The summed E-state index contributed by atoms with van der Waals surface area (Å²) in [6.07, 6.45) is 0.619. The number of hydrogen-bond acceptors (Lipinski definition) is 6. The van der Waals surface area contributed by atoms with Gasteiger partial charge in [0.05, 0.1) is 17.0 Å². The number of rotatable bonds is 8. The van der Waals surface area contributed by atoms with Crippen LogP contribution in [0.15, 0.2) is 40.1 Å². The molecule has 0 bridgehead atoms. The Morgan fingerprint density at radius 1 is 1.29 bits per heavy atom. The van der Waals surface area contributed by atoms with Gasteiger partial charge < -0.3 is 5.73 Å². The second kappa shape index (κ2) is 7.79. The number of sulfonamides is 1. The molecule has 0 aliphatic heterocycles. The molecule has 3 N–H and O–H groups in total. The van der Waals surface area contributed by atoms with Crippen molar-refractivity contribution in [2.24, 2.45) is 0 Å². The first-order valence-corrected chi connectivity index (χ1v) is 9.96. The van der Waals surface area contributed by atoms with Crippen molar-refractivity contribution >= 4 is 38.8 Å². The predicted molar refractivity (Wildman–Crippen MR) is 89.2 cm³/mol. The number of aromatic nitrogens is 1. The Bertz CT molecular complexity index is 640. The monoisotopic (exact) mass is 343 g/mol. The molecule has 0 spiro atoms. The smallest absolute Gasteiger partial charge is 0.212 e. The van der Waals surface area contributed by atoms with E-state index in [1.165, 1.54) is 23.1 Å². The van der Waals surface area contributed by atoms with Crippen molar-refractivity contribution < 1.29 is 8.42 Å². The molecule has 8 heteroatoms. The van der Waals surface area contributed by atoms with E-state index in [0.29, 0.717) is 24.4 Å². The van der Waals surface area contributed by atoms with Crippen molar-refractivity contribution in [3.8, 4) is 0 Å². The summed E-state index contributed by atoms with van der Waals surface area (Å²) >= 11 is 3.01. The summed E-state index contributed by atoms with van der Waals surface area (Å²) in [4.78, 5) is 5.13. The summed E-state index contributed by atoms with van der Waals surface area (Å²) in [5.74, 6) is 0.606. The first kappa shape index (κ1) is 16.3. The molecule has 1 aromatic carbocycles. The van der Waals surface area contributed by atoms with Gasteiger partial charge in [0.1, 0.15) is 0 Å². The van der Waals surface area contributed by atoms with E-state index >= 15 is 0 Å². The zero-order valence-electron chi connectivity index (χ0n) is 11.4. The second-order valence-corrected chi connectivity index (χ2v) is 8.17. The standard InChI is InChI=1S/C13H17N3O2S3/c14-11-1-3-13(4-2-11)20-7-8-21(17,18)16-6-5-12-9-19-10-15-12/h1-4,9-10,16H,5-8,14H2. The minimum absolute atomic E-state index is 0.0963. The summed E-state index contributed by atoms with van der Waals surface area (Å²) in [6.45, 7) is 0.388. The number of nitrogens with zero attached hydrogens (tertiary/aromatic N) is 1. The Morgan fingerprint density at radius 2 is 2.05 bits per heavy atom. The normalized spacial score (nSPS) is 11.6. The van der Waals surface area contributed by atoms with E-state index in [1.54, 1.807) is 5.51 Å². The molecule has 1 heterocycles. The van der Waals surface area contributed by atoms with E-state index in [9.17, 15) is 8.42 Å². The highest BCUT2D eigenvalue weighted by Gasteiger charge is 2.10. The number of nitrogen functional groups attached to an aromatic ring is 1. The van der Waals surface area contributed by atoms with E-state index in [2.05, 4.69) is 9.71 Å². The van der Waals surface area contributed by atoms with Gasteiger partial charge in [-0.15, -0.1) is 23.1 Å².